The van der Waals surface area contributed by atoms with Crippen molar-refractivity contribution in [3.8, 4) is 10.4 Å². The minimum Gasteiger partial charge on any atom is -0.313 e. The van der Waals surface area contributed by atoms with E-state index in [1.165, 1.54) is 35.4 Å². The maximum atomic E-state index is 4.32. The molecule has 1 aliphatic heterocycles. The number of benzene rings is 1. The van der Waals surface area contributed by atoms with E-state index in [-0.39, 0.29) is 0 Å². The lowest BCUT2D eigenvalue weighted by molar-refractivity contribution is 0.517. The van der Waals surface area contributed by atoms with Crippen LogP contribution in [0.25, 0.3) is 10.4 Å². The van der Waals surface area contributed by atoms with Crippen molar-refractivity contribution >= 4 is 11.3 Å². The van der Waals surface area contributed by atoms with Crippen molar-refractivity contribution < 1.29 is 0 Å². The fourth-order valence-corrected chi connectivity index (χ4v) is 3.70. The Kier molecular flexibility index (Phi) is 3.67. The first-order valence-electron chi connectivity index (χ1n) is 6.99. The predicted octanol–water partition coefficient (Wildman–Crippen LogP) is 3.97. The molecule has 2 heterocycles. The predicted molar refractivity (Wildman–Crippen MR) is 81.7 cm³/mol. The van der Waals surface area contributed by atoms with Crippen LogP contribution in [0.5, 0.6) is 0 Å². The van der Waals surface area contributed by atoms with Gasteiger partial charge in [-0.2, -0.15) is 0 Å². The maximum Gasteiger partial charge on any atom is 0.0801 e. The Bertz CT molecular complexity index is 538. The summed E-state index contributed by atoms with van der Waals surface area (Å²) in [7, 11) is 0. The Balaban J connectivity index is 1.80. The molecule has 2 atom stereocenters. The highest BCUT2D eigenvalue weighted by Crippen LogP contribution is 2.30. The van der Waals surface area contributed by atoms with Gasteiger partial charge in [-0.15, -0.1) is 11.3 Å². The van der Waals surface area contributed by atoms with Crippen LogP contribution in [0.3, 0.4) is 0 Å². The lowest BCUT2D eigenvalue weighted by Crippen LogP contribution is -2.27. The van der Waals surface area contributed by atoms with Crippen molar-refractivity contribution in [3.05, 3.63) is 41.0 Å². The minimum absolute atomic E-state index is 0.596. The summed E-state index contributed by atoms with van der Waals surface area (Å²) < 4.78 is 0. The number of nitrogens with zero attached hydrogens (tertiary/aromatic N) is 1. The van der Waals surface area contributed by atoms with E-state index < -0.39 is 0 Å². The second kappa shape index (κ2) is 5.43. The number of nitrogens with one attached hydrogen (secondary N) is 1. The molecule has 1 N–H and O–H groups in total. The Morgan fingerprint density at radius 3 is 2.68 bits per heavy atom. The molecule has 0 amide bonds. The molecular formula is C16H20N2S. The molecule has 19 heavy (non-hydrogen) atoms. The second-order valence-corrected chi connectivity index (χ2v) is 6.24. The van der Waals surface area contributed by atoms with E-state index >= 15 is 0 Å². The van der Waals surface area contributed by atoms with Gasteiger partial charge in [0.1, 0.15) is 0 Å². The molecular weight excluding hydrogens is 252 g/mol. The van der Waals surface area contributed by atoms with Crippen molar-refractivity contribution in [2.75, 3.05) is 6.54 Å². The first kappa shape index (κ1) is 12.8. The average Bonchev–Trinajstić information content (AvgIpc) is 3.09. The van der Waals surface area contributed by atoms with E-state index in [2.05, 4.69) is 48.4 Å². The molecule has 3 heteroatoms. The van der Waals surface area contributed by atoms with E-state index in [0.29, 0.717) is 12.0 Å². The van der Waals surface area contributed by atoms with Crippen molar-refractivity contribution in [1.29, 1.82) is 0 Å². The van der Waals surface area contributed by atoms with Gasteiger partial charge in [0.15, 0.2) is 0 Å². The lowest BCUT2D eigenvalue weighted by Gasteiger charge is -2.20. The molecule has 1 saturated heterocycles. The average molecular weight is 272 g/mol. The van der Waals surface area contributed by atoms with Crippen LogP contribution in [0, 0.1) is 6.92 Å². The number of aromatic nitrogens is 1. The molecule has 1 aliphatic rings. The molecule has 2 nitrogen and oxygen atoms in total. The third-order valence-electron chi connectivity index (χ3n) is 4.15. The Morgan fingerprint density at radius 2 is 2.11 bits per heavy atom. The van der Waals surface area contributed by atoms with E-state index in [0.717, 1.165) is 5.69 Å². The molecule has 3 rings (SSSR count). The molecule has 0 saturated carbocycles. The van der Waals surface area contributed by atoms with Gasteiger partial charge in [0.2, 0.25) is 0 Å². The Labute approximate surface area is 118 Å². The SMILES string of the molecule is Cc1ncsc1-c1ccc(C(C)C2CCCN2)cc1. The van der Waals surface area contributed by atoms with Gasteiger partial charge in [-0.1, -0.05) is 31.2 Å². The normalized spacial score (nSPS) is 20.6. The summed E-state index contributed by atoms with van der Waals surface area (Å²) in [5.74, 6) is 0.596. The summed E-state index contributed by atoms with van der Waals surface area (Å²) in [4.78, 5) is 5.61. The standard InChI is InChI=1S/C16H20N2S/c1-11(15-4-3-9-17-15)13-5-7-14(8-6-13)16-12(2)18-10-19-16/h5-8,10-11,15,17H,3-4,9H2,1-2H3. The molecule has 2 aromatic rings. The van der Waals surface area contributed by atoms with E-state index in [1.54, 1.807) is 11.3 Å². The summed E-state index contributed by atoms with van der Waals surface area (Å²) in [6.07, 6.45) is 2.62. The molecule has 2 unspecified atom stereocenters. The van der Waals surface area contributed by atoms with E-state index in [9.17, 15) is 0 Å². The van der Waals surface area contributed by atoms with E-state index in [1.807, 2.05) is 5.51 Å². The van der Waals surface area contributed by atoms with Crippen molar-refractivity contribution in [3.63, 3.8) is 0 Å². The highest BCUT2D eigenvalue weighted by Gasteiger charge is 2.22. The first-order chi connectivity index (χ1) is 9.25. The van der Waals surface area contributed by atoms with Gasteiger partial charge < -0.3 is 5.32 Å². The van der Waals surface area contributed by atoms with Gasteiger partial charge in [-0.05, 0) is 43.4 Å². The monoisotopic (exact) mass is 272 g/mol. The summed E-state index contributed by atoms with van der Waals surface area (Å²) in [6.45, 7) is 5.58. The molecule has 0 spiro atoms. The van der Waals surface area contributed by atoms with Gasteiger partial charge >= 0.3 is 0 Å². The minimum atomic E-state index is 0.596. The molecule has 0 radical (unpaired) electrons. The number of rotatable bonds is 3. The van der Waals surface area contributed by atoms with Crippen LogP contribution in [0.4, 0.5) is 0 Å². The van der Waals surface area contributed by atoms with E-state index in [4.69, 9.17) is 0 Å². The smallest absolute Gasteiger partial charge is 0.0801 e. The number of hydrogen-bond donors (Lipinski definition) is 1. The van der Waals surface area contributed by atoms with Crippen LogP contribution in [0.15, 0.2) is 29.8 Å². The third kappa shape index (κ3) is 2.58. The van der Waals surface area contributed by atoms with Gasteiger partial charge in [0.05, 0.1) is 16.1 Å². The van der Waals surface area contributed by atoms with Crippen LogP contribution >= 0.6 is 11.3 Å². The molecule has 0 bridgehead atoms. The largest absolute Gasteiger partial charge is 0.313 e. The maximum absolute atomic E-state index is 4.32. The zero-order chi connectivity index (χ0) is 13.2. The van der Waals surface area contributed by atoms with Gasteiger partial charge in [0.25, 0.3) is 0 Å². The molecule has 1 fully saturated rings. The first-order valence-corrected chi connectivity index (χ1v) is 7.87. The number of thiazole rings is 1. The van der Waals surface area contributed by atoms with Crippen molar-refractivity contribution in [2.45, 2.75) is 38.6 Å². The third-order valence-corrected chi connectivity index (χ3v) is 5.12. The number of aryl methyl sites for hydroxylation is 1. The van der Waals surface area contributed by atoms with Crippen LogP contribution in [0.1, 0.15) is 36.9 Å². The zero-order valence-electron chi connectivity index (χ0n) is 11.5. The summed E-state index contributed by atoms with van der Waals surface area (Å²) in [6, 6.07) is 9.68. The summed E-state index contributed by atoms with van der Waals surface area (Å²) in [5.41, 5.74) is 5.77. The molecule has 1 aromatic carbocycles. The van der Waals surface area contributed by atoms with Crippen LogP contribution in [-0.2, 0) is 0 Å². The summed E-state index contributed by atoms with van der Waals surface area (Å²) >= 11 is 1.72. The lowest BCUT2D eigenvalue weighted by atomic mass is 9.91. The highest BCUT2D eigenvalue weighted by atomic mass is 32.1. The Hall–Kier alpha value is -1.19. The topological polar surface area (TPSA) is 24.9 Å². The van der Waals surface area contributed by atoms with Crippen LogP contribution in [0.2, 0.25) is 0 Å². The molecule has 0 aliphatic carbocycles. The van der Waals surface area contributed by atoms with Gasteiger partial charge in [0, 0.05) is 6.04 Å². The Morgan fingerprint density at radius 1 is 1.32 bits per heavy atom. The fraction of sp³-hybridized carbons (Fsp3) is 0.438. The van der Waals surface area contributed by atoms with Crippen LogP contribution in [-0.4, -0.2) is 17.6 Å². The van der Waals surface area contributed by atoms with Crippen LogP contribution < -0.4 is 5.32 Å². The van der Waals surface area contributed by atoms with Gasteiger partial charge in [-0.3, -0.25) is 0 Å². The highest BCUT2D eigenvalue weighted by molar-refractivity contribution is 7.13. The zero-order valence-corrected chi connectivity index (χ0v) is 12.3. The van der Waals surface area contributed by atoms with Crippen molar-refractivity contribution in [2.24, 2.45) is 0 Å². The van der Waals surface area contributed by atoms with Crippen molar-refractivity contribution in [1.82, 2.24) is 10.3 Å². The second-order valence-electron chi connectivity index (χ2n) is 5.38. The number of hydrogen-bond acceptors (Lipinski definition) is 3. The fourth-order valence-electron chi connectivity index (χ4n) is 2.89. The summed E-state index contributed by atoms with van der Waals surface area (Å²) in [5, 5.41) is 3.60. The molecule has 100 valence electrons. The quantitative estimate of drug-likeness (QED) is 0.914. The molecule has 1 aromatic heterocycles. The van der Waals surface area contributed by atoms with Gasteiger partial charge in [-0.25, -0.2) is 4.98 Å².